The van der Waals surface area contributed by atoms with Gasteiger partial charge in [0.1, 0.15) is 4.90 Å². The molecule has 2 atom stereocenters. The minimum Gasteiger partial charge on any atom is -0.449 e. The van der Waals surface area contributed by atoms with E-state index in [1.165, 1.54) is 19.1 Å². The normalized spacial score (nSPS) is 13.4. The van der Waals surface area contributed by atoms with Gasteiger partial charge in [0, 0.05) is 10.0 Å². The summed E-state index contributed by atoms with van der Waals surface area (Å²) in [6, 6.07) is 7.84. The number of hydrogen-bond acceptors (Lipinski definition) is 5. The number of sulfonamides is 1. The smallest absolute Gasteiger partial charge is 0.338 e. The van der Waals surface area contributed by atoms with E-state index in [9.17, 15) is 18.0 Å². The molecule has 0 saturated carbocycles. The molecule has 0 radical (unpaired) electrons. The average molecular weight is 480 g/mol. The number of hydrogen-bond donors (Lipinski definition) is 2. The molecule has 0 spiro atoms. The Morgan fingerprint density at radius 1 is 1.03 bits per heavy atom. The summed E-state index contributed by atoms with van der Waals surface area (Å²) < 4.78 is 28.2. The lowest BCUT2D eigenvalue weighted by molar-refractivity contribution is -0.129. The maximum Gasteiger partial charge on any atom is 0.338 e. The molecule has 0 aliphatic heterocycles. The number of benzene rings is 2. The molecule has 0 aromatic heterocycles. The molecule has 11 heteroatoms. The van der Waals surface area contributed by atoms with Crippen LogP contribution in [0.25, 0.3) is 0 Å². The van der Waals surface area contributed by atoms with E-state index in [0.717, 1.165) is 6.07 Å². The molecule has 0 bridgehead atoms. The third-order valence-corrected chi connectivity index (χ3v) is 5.87. The average Bonchev–Trinajstić information content (AvgIpc) is 2.60. The molecule has 2 rings (SSSR count). The predicted octanol–water partition coefficient (Wildman–Crippen LogP) is 3.72. The van der Waals surface area contributed by atoms with Crippen molar-refractivity contribution in [3.8, 4) is 0 Å². The topological polar surface area (TPSA) is 116 Å². The number of carbonyl (C=O) groups is 2. The Bertz CT molecular complexity index is 1060. The van der Waals surface area contributed by atoms with Crippen molar-refractivity contribution >= 4 is 56.7 Å². The number of ether oxygens (including phenoxy) is 1. The molecule has 0 aliphatic rings. The van der Waals surface area contributed by atoms with E-state index in [2.05, 4.69) is 5.32 Å². The summed E-state index contributed by atoms with van der Waals surface area (Å²) in [5, 5.41) is 8.44. The zero-order valence-electron chi connectivity index (χ0n) is 15.3. The second-order valence-corrected chi connectivity index (χ2v) is 8.91. The third-order valence-electron chi connectivity index (χ3n) is 3.91. The van der Waals surface area contributed by atoms with E-state index in [4.69, 9.17) is 44.7 Å². The van der Waals surface area contributed by atoms with Crippen LogP contribution in [0, 0.1) is 0 Å². The number of nitrogens with one attached hydrogen (secondary N) is 1. The molecular weight excluding hydrogens is 463 g/mol. The number of esters is 1. The Kier molecular flexibility index (Phi) is 7.53. The van der Waals surface area contributed by atoms with Gasteiger partial charge in [-0.3, -0.25) is 4.79 Å². The van der Waals surface area contributed by atoms with Gasteiger partial charge < -0.3 is 10.1 Å². The van der Waals surface area contributed by atoms with Crippen molar-refractivity contribution in [1.29, 1.82) is 0 Å². The zero-order valence-corrected chi connectivity index (χ0v) is 18.4. The van der Waals surface area contributed by atoms with Crippen molar-refractivity contribution in [3.63, 3.8) is 0 Å². The number of carbonyl (C=O) groups excluding carboxylic acids is 2. The summed E-state index contributed by atoms with van der Waals surface area (Å²) in [4.78, 5) is 24.2. The quantitative estimate of drug-likeness (QED) is 0.613. The van der Waals surface area contributed by atoms with Crippen LogP contribution in [0.2, 0.25) is 15.1 Å². The molecular formula is C18H17Cl3N2O5S. The maximum atomic E-state index is 12.4. The number of primary sulfonamides is 1. The van der Waals surface area contributed by atoms with E-state index < -0.39 is 38.9 Å². The van der Waals surface area contributed by atoms with Gasteiger partial charge in [-0.1, -0.05) is 40.9 Å². The van der Waals surface area contributed by atoms with Gasteiger partial charge in [0.25, 0.3) is 5.91 Å². The Hall–Kier alpha value is -1.84. The van der Waals surface area contributed by atoms with Crippen LogP contribution in [0.5, 0.6) is 0 Å². The first-order valence-corrected chi connectivity index (χ1v) is 10.9. The third kappa shape index (κ3) is 6.07. The molecule has 29 heavy (non-hydrogen) atoms. The summed E-state index contributed by atoms with van der Waals surface area (Å²) in [5.74, 6) is -1.48. The number of rotatable bonds is 6. The van der Waals surface area contributed by atoms with E-state index in [1.54, 1.807) is 25.1 Å². The minimum atomic E-state index is -4.13. The van der Waals surface area contributed by atoms with Crippen LogP contribution in [-0.4, -0.2) is 26.4 Å². The fraction of sp³-hybridized carbons (Fsp3) is 0.222. The van der Waals surface area contributed by atoms with Crippen LogP contribution >= 0.6 is 34.8 Å². The largest absolute Gasteiger partial charge is 0.449 e. The lowest BCUT2D eigenvalue weighted by atomic mass is 10.1. The van der Waals surface area contributed by atoms with Crippen LogP contribution in [0.15, 0.2) is 41.3 Å². The highest BCUT2D eigenvalue weighted by molar-refractivity contribution is 7.89. The summed E-state index contributed by atoms with van der Waals surface area (Å²) in [5.41, 5.74) is 0.519. The summed E-state index contributed by atoms with van der Waals surface area (Å²) in [7, 11) is -4.13. The van der Waals surface area contributed by atoms with Gasteiger partial charge in [0.2, 0.25) is 10.0 Å². The Morgan fingerprint density at radius 3 is 2.28 bits per heavy atom. The standard InChI is InChI=1S/C18H17Cl3N2O5S/c1-9(13-5-4-12(19)8-15(13)21)23-17(24)10(2)28-18(25)11-3-6-14(20)16(7-11)29(22,26)27/h3-10H,1-2H3,(H,23,24)(H2,22,26,27)/t9-,10-/m0/s1. The summed E-state index contributed by atoms with van der Waals surface area (Å²) >= 11 is 17.8. The number of nitrogens with two attached hydrogens (primary N) is 1. The fourth-order valence-electron chi connectivity index (χ4n) is 2.39. The zero-order chi connectivity index (χ0) is 21.9. The number of amides is 1. The van der Waals surface area contributed by atoms with E-state index in [1.807, 2.05) is 0 Å². The highest BCUT2D eigenvalue weighted by Gasteiger charge is 2.23. The molecule has 0 unspecified atom stereocenters. The SMILES string of the molecule is C[C@H](OC(=O)c1ccc(Cl)c(S(N)(=O)=O)c1)C(=O)N[C@@H](C)c1ccc(Cl)cc1Cl. The lowest BCUT2D eigenvalue weighted by Gasteiger charge is -2.19. The molecule has 156 valence electrons. The Balaban J connectivity index is 2.08. The Morgan fingerprint density at radius 2 is 1.69 bits per heavy atom. The number of halogens is 3. The highest BCUT2D eigenvalue weighted by atomic mass is 35.5. The van der Waals surface area contributed by atoms with Crippen molar-refractivity contribution in [2.24, 2.45) is 5.14 Å². The molecule has 7 nitrogen and oxygen atoms in total. The molecule has 3 N–H and O–H groups in total. The van der Waals surface area contributed by atoms with Gasteiger partial charge in [-0.05, 0) is 49.7 Å². The van der Waals surface area contributed by atoms with E-state index >= 15 is 0 Å². The predicted molar refractivity (Wildman–Crippen MR) is 111 cm³/mol. The summed E-state index contributed by atoms with van der Waals surface area (Å²) in [6.45, 7) is 3.08. The van der Waals surface area contributed by atoms with Crippen molar-refractivity contribution in [2.75, 3.05) is 0 Å². The van der Waals surface area contributed by atoms with Crippen LogP contribution < -0.4 is 10.5 Å². The minimum absolute atomic E-state index is 0.119. The Labute approximate surface area is 183 Å². The fourth-order valence-corrected chi connectivity index (χ4v) is 4.04. The van der Waals surface area contributed by atoms with Gasteiger partial charge in [-0.15, -0.1) is 0 Å². The maximum absolute atomic E-state index is 12.4. The summed E-state index contributed by atoms with van der Waals surface area (Å²) in [6.07, 6.45) is -1.16. The van der Waals surface area contributed by atoms with Crippen molar-refractivity contribution < 1.29 is 22.7 Å². The molecule has 0 aliphatic carbocycles. The first-order valence-electron chi connectivity index (χ1n) is 8.18. The van der Waals surface area contributed by atoms with E-state index in [0.29, 0.717) is 15.6 Å². The molecule has 0 saturated heterocycles. The molecule has 2 aromatic rings. The lowest BCUT2D eigenvalue weighted by Crippen LogP contribution is -2.37. The van der Waals surface area contributed by atoms with Crippen molar-refractivity contribution in [2.45, 2.75) is 30.9 Å². The highest BCUT2D eigenvalue weighted by Crippen LogP contribution is 2.26. The van der Waals surface area contributed by atoms with Crippen LogP contribution in [-0.2, 0) is 19.6 Å². The monoisotopic (exact) mass is 478 g/mol. The van der Waals surface area contributed by atoms with E-state index in [-0.39, 0.29) is 10.6 Å². The molecule has 2 aromatic carbocycles. The van der Waals surface area contributed by atoms with Gasteiger partial charge in [-0.2, -0.15) is 0 Å². The van der Waals surface area contributed by atoms with Gasteiger partial charge in [-0.25, -0.2) is 18.4 Å². The van der Waals surface area contributed by atoms with Gasteiger partial charge in [0.15, 0.2) is 6.10 Å². The first kappa shape index (κ1) is 23.4. The van der Waals surface area contributed by atoms with Gasteiger partial charge >= 0.3 is 5.97 Å². The van der Waals surface area contributed by atoms with Crippen molar-refractivity contribution in [3.05, 3.63) is 62.6 Å². The second-order valence-electron chi connectivity index (χ2n) is 6.13. The molecule has 0 heterocycles. The molecule has 0 fully saturated rings. The first-order chi connectivity index (χ1) is 13.4. The van der Waals surface area contributed by atoms with Crippen LogP contribution in [0.4, 0.5) is 0 Å². The second kappa shape index (κ2) is 9.32. The van der Waals surface area contributed by atoms with Crippen LogP contribution in [0.3, 0.4) is 0 Å². The van der Waals surface area contributed by atoms with Crippen LogP contribution in [0.1, 0.15) is 35.8 Å². The van der Waals surface area contributed by atoms with Crippen molar-refractivity contribution in [1.82, 2.24) is 5.32 Å². The van der Waals surface area contributed by atoms with Gasteiger partial charge in [0.05, 0.1) is 16.6 Å². The molecule has 1 amide bonds.